The molecule has 0 aromatic heterocycles. The fraction of sp³-hybridized carbons (Fsp3) is 0.467. The highest BCUT2D eigenvalue weighted by Crippen LogP contribution is 2.22. The number of ether oxygens (including phenoxy) is 1. The summed E-state index contributed by atoms with van der Waals surface area (Å²) in [7, 11) is -2.06. The summed E-state index contributed by atoms with van der Waals surface area (Å²) in [6.07, 6.45) is 1.04. The summed E-state index contributed by atoms with van der Waals surface area (Å²) in [6.45, 7) is 3.71. The summed E-state index contributed by atoms with van der Waals surface area (Å²) in [6, 6.07) is 2.38. The molecule has 0 aliphatic rings. The SMILES string of the molecule is COC(=O)C(CCS(C)(=O)=O)NC(=O)c1cc(C)c(Br)c(C)c1. The van der Waals surface area contributed by atoms with Crippen LogP contribution in [0.25, 0.3) is 0 Å². The van der Waals surface area contributed by atoms with Crippen molar-refractivity contribution in [1.29, 1.82) is 0 Å². The van der Waals surface area contributed by atoms with Crippen LogP contribution in [0.2, 0.25) is 0 Å². The van der Waals surface area contributed by atoms with Crippen molar-refractivity contribution in [2.24, 2.45) is 0 Å². The lowest BCUT2D eigenvalue weighted by Gasteiger charge is -2.17. The number of aryl methyl sites for hydroxylation is 2. The van der Waals surface area contributed by atoms with E-state index in [0.717, 1.165) is 21.9 Å². The van der Waals surface area contributed by atoms with Crippen LogP contribution >= 0.6 is 15.9 Å². The van der Waals surface area contributed by atoms with Gasteiger partial charge in [-0.1, -0.05) is 15.9 Å². The second-order valence-electron chi connectivity index (χ2n) is 5.39. The molecule has 1 amide bonds. The summed E-state index contributed by atoms with van der Waals surface area (Å²) < 4.78 is 28.1. The number of methoxy groups -OCH3 is 1. The molecule has 0 bridgehead atoms. The van der Waals surface area contributed by atoms with Gasteiger partial charge in [0.1, 0.15) is 15.9 Å². The van der Waals surface area contributed by atoms with E-state index in [0.29, 0.717) is 5.56 Å². The van der Waals surface area contributed by atoms with E-state index in [1.54, 1.807) is 12.1 Å². The molecule has 0 heterocycles. The highest BCUT2D eigenvalue weighted by Gasteiger charge is 2.24. The van der Waals surface area contributed by atoms with Gasteiger partial charge < -0.3 is 10.1 Å². The Morgan fingerprint density at radius 3 is 2.22 bits per heavy atom. The first kappa shape index (κ1) is 19.6. The Bertz CT molecular complexity index is 692. The standard InChI is InChI=1S/C15H20BrNO5S/c1-9-7-11(8-10(2)13(9)16)14(18)17-12(15(19)22-3)5-6-23(4,20)21/h7-8,12H,5-6H2,1-4H3,(H,17,18). The normalized spacial score (nSPS) is 12.6. The molecule has 0 fully saturated rings. The van der Waals surface area contributed by atoms with Crippen molar-refractivity contribution >= 4 is 37.6 Å². The lowest BCUT2D eigenvalue weighted by molar-refractivity contribution is -0.142. The average Bonchev–Trinajstić information content (AvgIpc) is 2.46. The zero-order chi connectivity index (χ0) is 17.8. The number of rotatable bonds is 6. The molecule has 1 atom stereocenters. The van der Waals surface area contributed by atoms with Crippen LogP contribution in [0.15, 0.2) is 16.6 Å². The van der Waals surface area contributed by atoms with Crippen molar-refractivity contribution in [3.05, 3.63) is 33.3 Å². The predicted octanol–water partition coefficient (Wildman–Crippen LogP) is 1.77. The number of hydrogen-bond donors (Lipinski definition) is 1. The minimum absolute atomic E-state index is 0.0360. The first-order chi connectivity index (χ1) is 10.5. The first-order valence-electron chi connectivity index (χ1n) is 6.88. The second-order valence-corrected chi connectivity index (χ2v) is 8.44. The van der Waals surface area contributed by atoms with Crippen molar-refractivity contribution in [1.82, 2.24) is 5.32 Å². The Kier molecular flexibility index (Phi) is 6.76. The molecule has 1 unspecified atom stereocenters. The van der Waals surface area contributed by atoms with Crippen LogP contribution in [0, 0.1) is 13.8 Å². The van der Waals surface area contributed by atoms with Gasteiger partial charge in [0.2, 0.25) is 0 Å². The Morgan fingerprint density at radius 1 is 1.26 bits per heavy atom. The van der Waals surface area contributed by atoms with Gasteiger partial charge in [0.25, 0.3) is 5.91 Å². The molecule has 0 aliphatic carbocycles. The van der Waals surface area contributed by atoms with Gasteiger partial charge >= 0.3 is 5.97 Å². The fourth-order valence-corrected chi connectivity index (χ4v) is 2.93. The van der Waals surface area contributed by atoms with Gasteiger partial charge in [0, 0.05) is 16.3 Å². The van der Waals surface area contributed by atoms with Crippen LogP contribution in [0.5, 0.6) is 0 Å². The number of hydrogen-bond acceptors (Lipinski definition) is 5. The minimum atomic E-state index is -3.25. The van der Waals surface area contributed by atoms with Crippen LogP contribution in [0.4, 0.5) is 0 Å². The number of amides is 1. The molecule has 0 aliphatic heterocycles. The van der Waals surface area contributed by atoms with E-state index in [1.807, 2.05) is 13.8 Å². The molecule has 0 saturated carbocycles. The Morgan fingerprint density at radius 2 is 1.78 bits per heavy atom. The van der Waals surface area contributed by atoms with Crippen LogP contribution in [-0.4, -0.2) is 45.5 Å². The molecule has 1 aromatic rings. The summed E-state index contributed by atoms with van der Waals surface area (Å²) in [5.41, 5.74) is 2.18. The molecule has 1 rings (SSSR count). The number of benzene rings is 1. The third-order valence-corrected chi connectivity index (χ3v) is 5.50. The van der Waals surface area contributed by atoms with E-state index >= 15 is 0 Å². The number of nitrogens with one attached hydrogen (secondary N) is 1. The van der Waals surface area contributed by atoms with Crippen LogP contribution in [-0.2, 0) is 19.4 Å². The van der Waals surface area contributed by atoms with Gasteiger partial charge in [-0.2, -0.15) is 0 Å². The lowest BCUT2D eigenvalue weighted by atomic mass is 10.1. The molecule has 0 radical (unpaired) electrons. The van der Waals surface area contributed by atoms with Gasteiger partial charge in [0.15, 0.2) is 0 Å². The Labute approximate surface area is 144 Å². The lowest BCUT2D eigenvalue weighted by Crippen LogP contribution is -2.42. The fourth-order valence-electron chi connectivity index (χ4n) is 2.04. The molecule has 1 N–H and O–H groups in total. The maximum absolute atomic E-state index is 12.3. The predicted molar refractivity (Wildman–Crippen MR) is 91.2 cm³/mol. The number of carbonyl (C=O) groups is 2. The molecule has 0 spiro atoms. The Balaban J connectivity index is 2.94. The van der Waals surface area contributed by atoms with E-state index in [-0.39, 0.29) is 12.2 Å². The van der Waals surface area contributed by atoms with E-state index in [1.165, 1.54) is 7.11 Å². The second kappa shape index (κ2) is 7.92. The van der Waals surface area contributed by atoms with Gasteiger partial charge in [-0.05, 0) is 43.5 Å². The topological polar surface area (TPSA) is 89.5 Å². The number of esters is 1. The third-order valence-electron chi connectivity index (χ3n) is 3.27. The molecule has 0 saturated heterocycles. The van der Waals surface area contributed by atoms with Gasteiger partial charge in [-0.15, -0.1) is 0 Å². The summed E-state index contributed by atoms with van der Waals surface area (Å²) in [4.78, 5) is 24.1. The van der Waals surface area contributed by atoms with Gasteiger partial charge in [-0.3, -0.25) is 4.79 Å². The molecule has 1 aromatic carbocycles. The maximum Gasteiger partial charge on any atom is 0.328 e. The average molecular weight is 406 g/mol. The highest BCUT2D eigenvalue weighted by molar-refractivity contribution is 9.10. The van der Waals surface area contributed by atoms with Gasteiger partial charge in [0.05, 0.1) is 12.9 Å². The Hall–Kier alpha value is -1.41. The van der Waals surface area contributed by atoms with Crippen LogP contribution < -0.4 is 5.32 Å². The monoisotopic (exact) mass is 405 g/mol. The van der Waals surface area contributed by atoms with Crippen molar-refractivity contribution in [3.63, 3.8) is 0 Å². The van der Waals surface area contributed by atoms with E-state index in [4.69, 9.17) is 0 Å². The van der Waals surface area contributed by atoms with Crippen molar-refractivity contribution < 1.29 is 22.7 Å². The number of carbonyl (C=O) groups excluding carboxylic acids is 2. The smallest absolute Gasteiger partial charge is 0.328 e. The van der Waals surface area contributed by atoms with E-state index in [9.17, 15) is 18.0 Å². The van der Waals surface area contributed by atoms with E-state index in [2.05, 4.69) is 26.0 Å². The largest absolute Gasteiger partial charge is 0.467 e. The maximum atomic E-state index is 12.3. The van der Waals surface area contributed by atoms with Crippen molar-refractivity contribution in [2.45, 2.75) is 26.3 Å². The number of sulfone groups is 1. The molecular formula is C15H20BrNO5S. The highest BCUT2D eigenvalue weighted by atomic mass is 79.9. The number of halogens is 1. The van der Waals surface area contributed by atoms with Crippen LogP contribution in [0.1, 0.15) is 27.9 Å². The first-order valence-corrected chi connectivity index (χ1v) is 9.73. The van der Waals surface area contributed by atoms with Crippen molar-refractivity contribution in [3.8, 4) is 0 Å². The van der Waals surface area contributed by atoms with Gasteiger partial charge in [-0.25, -0.2) is 13.2 Å². The molecule has 8 heteroatoms. The van der Waals surface area contributed by atoms with Crippen LogP contribution in [0.3, 0.4) is 0 Å². The molecule has 6 nitrogen and oxygen atoms in total. The minimum Gasteiger partial charge on any atom is -0.467 e. The zero-order valence-corrected chi connectivity index (χ0v) is 15.9. The third kappa shape index (κ3) is 5.95. The summed E-state index contributed by atoms with van der Waals surface area (Å²) in [5, 5.41) is 2.54. The molecular weight excluding hydrogens is 386 g/mol. The summed E-state index contributed by atoms with van der Waals surface area (Å²) in [5.74, 6) is -1.34. The van der Waals surface area contributed by atoms with E-state index < -0.39 is 27.8 Å². The molecule has 128 valence electrons. The van der Waals surface area contributed by atoms with Crippen molar-refractivity contribution in [2.75, 3.05) is 19.1 Å². The zero-order valence-electron chi connectivity index (χ0n) is 13.5. The molecule has 23 heavy (non-hydrogen) atoms. The quantitative estimate of drug-likeness (QED) is 0.728. The summed E-state index contributed by atoms with van der Waals surface area (Å²) >= 11 is 3.42.